The largest absolute Gasteiger partial charge is 0.383 e. The quantitative estimate of drug-likeness (QED) is 0.917. The number of aromatic nitrogens is 1. The molecule has 2 aromatic rings. The highest BCUT2D eigenvalue weighted by Gasteiger charge is 2.12. The minimum atomic E-state index is -0.0230. The van der Waals surface area contributed by atoms with Crippen molar-refractivity contribution in [3.63, 3.8) is 0 Å². The highest BCUT2D eigenvalue weighted by atomic mass is 16.5. The molecular weight excluding hydrogens is 264 g/mol. The predicted octanol–water partition coefficient (Wildman–Crippen LogP) is 2.24. The topological polar surface area (TPSA) is 57.2 Å². The van der Waals surface area contributed by atoms with Crippen molar-refractivity contribution >= 4 is 0 Å². The zero-order valence-corrected chi connectivity index (χ0v) is 12.8. The number of rotatable bonds is 5. The summed E-state index contributed by atoms with van der Waals surface area (Å²) in [5.74, 6) is 0. The van der Waals surface area contributed by atoms with Crippen LogP contribution in [0.2, 0.25) is 0 Å². The molecule has 0 unspecified atom stereocenters. The maximum absolute atomic E-state index is 12.6. The van der Waals surface area contributed by atoms with Gasteiger partial charge in [0.25, 0.3) is 5.56 Å². The first-order valence-electron chi connectivity index (χ1n) is 7.08. The molecule has 2 rings (SSSR count). The van der Waals surface area contributed by atoms with Crippen LogP contribution in [0.1, 0.15) is 16.7 Å². The Morgan fingerprint density at radius 3 is 2.43 bits per heavy atom. The van der Waals surface area contributed by atoms with Gasteiger partial charge in [0.15, 0.2) is 0 Å². The van der Waals surface area contributed by atoms with Crippen LogP contribution in [0.15, 0.2) is 35.1 Å². The fraction of sp³-hybridized carbons (Fsp3) is 0.353. The van der Waals surface area contributed by atoms with Gasteiger partial charge in [-0.1, -0.05) is 29.8 Å². The maximum Gasteiger partial charge on any atom is 0.255 e. The van der Waals surface area contributed by atoms with Crippen molar-refractivity contribution in [3.8, 4) is 11.3 Å². The van der Waals surface area contributed by atoms with E-state index in [0.717, 1.165) is 16.8 Å². The number of benzene rings is 1. The Morgan fingerprint density at radius 1 is 1.19 bits per heavy atom. The van der Waals surface area contributed by atoms with Crippen LogP contribution < -0.4 is 11.3 Å². The van der Waals surface area contributed by atoms with Gasteiger partial charge >= 0.3 is 0 Å². The highest BCUT2D eigenvalue weighted by Crippen LogP contribution is 2.21. The number of nitrogens with zero attached hydrogens (tertiary/aromatic N) is 1. The molecule has 1 aromatic carbocycles. The molecule has 1 aromatic heterocycles. The Hall–Kier alpha value is -1.91. The van der Waals surface area contributed by atoms with E-state index in [9.17, 15) is 4.79 Å². The van der Waals surface area contributed by atoms with Crippen molar-refractivity contribution in [2.75, 3.05) is 13.7 Å². The first kappa shape index (κ1) is 15.5. The summed E-state index contributed by atoms with van der Waals surface area (Å²) in [7, 11) is 1.63. The summed E-state index contributed by atoms with van der Waals surface area (Å²) in [5, 5.41) is 0. The van der Waals surface area contributed by atoms with Gasteiger partial charge in [-0.3, -0.25) is 4.79 Å². The summed E-state index contributed by atoms with van der Waals surface area (Å²) >= 11 is 0. The Balaban J connectivity index is 2.63. The van der Waals surface area contributed by atoms with E-state index in [4.69, 9.17) is 10.5 Å². The number of pyridine rings is 1. The van der Waals surface area contributed by atoms with Crippen LogP contribution in [0.25, 0.3) is 11.3 Å². The van der Waals surface area contributed by atoms with Gasteiger partial charge < -0.3 is 15.0 Å². The van der Waals surface area contributed by atoms with Crippen LogP contribution in [0, 0.1) is 13.8 Å². The van der Waals surface area contributed by atoms with Crippen molar-refractivity contribution < 1.29 is 4.74 Å². The lowest BCUT2D eigenvalue weighted by Gasteiger charge is -2.16. The molecular formula is C17H22N2O2. The standard InChI is InChI=1S/C17H22N2O2/c1-12-4-6-14(7-5-12)16-10-13(2)15(11-18)17(20)19(16)8-9-21-3/h4-7,10H,8-9,11,18H2,1-3H3. The molecule has 0 fully saturated rings. The van der Waals surface area contributed by atoms with E-state index >= 15 is 0 Å². The van der Waals surface area contributed by atoms with Gasteiger partial charge in [-0.25, -0.2) is 0 Å². The lowest BCUT2D eigenvalue weighted by atomic mass is 10.0. The third-order valence-electron chi connectivity index (χ3n) is 3.69. The number of aryl methyl sites for hydroxylation is 2. The number of hydrogen-bond acceptors (Lipinski definition) is 3. The zero-order chi connectivity index (χ0) is 15.4. The van der Waals surface area contributed by atoms with E-state index in [-0.39, 0.29) is 12.1 Å². The van der Waals surface area contributed by atoms with Crippen LogP contribution in [-0.2, 0) is 17.8 Å². The first-order chi connectivity index (χ1) is 10.1. The van der Waals surface area contributed by atoms with Crippen molar-refractivity contribution in [1.29, 1.82) is 0 Å². The molecule has 4 heteroatoms. The molecule has 0 spiro atoms. The molecule has 0 aliphatic rings. The molecule has 0 aliphatic heterocycles. The third kappa shape index (κ3) is 3.23. The van der Waals surface area contributed by atoms with Gasteiger partial charge in [0.2, 0.25) is 0 Å². The second-order valence-electron chi connectivity index (χ2n) is 5.21. The predicted molar refractivity (Wildman–Crippen MR) is 85.4 cm³/mol. The van der Waals surface area contributed by atoms with E-state index in [2.05, 4.69) is 0 Å². The second-order valence-corrected chi connectivity index (χ2v) is 5.21. The van der Waals surface area contributed by atoms with Gasteiger partial charge in [-0.2, -0.15) is 0 Å². The smallest absolute Gasteiger partial charge is 0.255 e. The van der Waals surface area contributed by atoms with Gasteiger partial charge in [0, 0.05) is 25.8 Å². The van der Waals surface area contributed by atoms with Crippen molar-refractivity contribution in [3.05, 3.63) is 57.4 Å². The fourth-order valence-electron chi connectivity index (χ4n) is 2.43. The van der Waals surface area contributed by atoms with Crippen molar-refractivity contribution in [1.82, 2.24) is 4.57 Å². The average Bonchev–Trinajstić information content (AvgIpc) is 2.47. The molecule has 0 bridgehead atoms. The van der Waals surface area contributed by atoms with E-state index in [1.54, 1.807) is 11.7 Å². The van der Waals surface area contributed by atoms with Gasteiger partial charge in [0.05, 0.1) is 12.3 Å². The van der Waals surface area contributed by atoms with E-state index in [1.165, 1.54) is 5.56 Å². The van der Waals surface area contributed by atoms with Gasteiger partial charge in [-0.15, -0.1) is 0 Å². The Morgan fingerprint density at radius 2 is 1.86 bits per heavy atom. The summed E-state index contributed by atoms with van der Waals surface area (Å²) in [6.45, 7) is 5.25. The average molecular weight is 286 g/mol. The van der Waals surface area contributed by atoms with E-state index in [1.807, 2.05) is 44.2 Å². The molecule has 0 saturated carbocycles. The second kappa shape index (κ2) is 6.70. The number of ether oxygens (including phenoxy) is 1. The van der Waals surface area contributed by atoms with Crippen LogP contribution in [0.4, 0.5) is 0 Å². The van der Waals surface area contributed by atoms with Crippen LogP contribution >= 0.6 is 0 Å². The summed E-state index contributed by atoms with van der Waals surface area (Å²) in [6.07, 6.45) is 0. The summed E-state index contributed by atoms with van der Waals surface area (Å²) < 4.78 is 6.88. The molecule has 1 heterocycles. The van der Waals surface area contributed by atoms with Gasteiger partial charge in [-0.05, 0) is 31.0 Å². The SMILES string of the molecule is COCCn1c(-c2ccc(C)cc2)cc(C)c(CN)c1=O. The van der Waals surface area contributed by atoms with Crippen LogP contribution in [0.3, 0.4) is 0 Å². The lowest BCUT2D eigenvalue weighted by molar-refractivity contribution is 0.186. The molecule has 0 aliphatic carbocycles. The molecule has 4 nitrogen and oxygen atoms in total. The monoisotopic (exact) mass is 286 g/mol. The number of methoxy groups -OCH3 is 1. The van der Waals surface area contributed by atoms with Crippen LogP contribution in [-0.4, -0.2) is 18.3 Å². The maximum atomic E-state index is 12.6. The van der Waals surface area contributed by atoms with Crippen molar-refractivity contribution in [2.45, 2.75) is 26.9 Å². The fourth-order valence-corrected chi connectivity index (χ4v) is 2.43. The molecule has 0 amide bonds. The zero-order valence-electron chi connectivity index (χ0n) is 12.8. The minimum Gasteiger partial charge on any atom is -0.383 e. The molecule has 112 valence electrons. The summed E-state index contributed by atoms with van der Waals surface area (Å²) in [4.78, 5) is 12.6. The first-order valence-corrected chi connectivity index (χ1v) is 7.08. The number of nitrogens with two attached hydrogens (primary N) is 1. The molecule has 0 atom stereocenters. The van der Waals surface area contributed by atoms with E-state index in [0.29, 0.717) is 18.7 Å². The number of hydrogen-bond donors (Lipinski definition) is 1. The molecule has 21 heavy (non-hydrogen) atoms. The van der Waals surface area contributed by atoms with Crippen LogP contribution in [0.5, 0.6) is 0 Å². The highest BCUT2D eigenvalue weighted by molar-refractivity contribution is 5.61. The lowest BCUT2D eigenvalue weighted by Crippen LogP contribution is -2.29. The minimum absolute atomic E-state index is 0.0230. The molecule has 2 N–H and O–H groups in total. The Kier molecular flexibility index (Phi) is 4.94. The van der Waals surface area contributed by atoms with E-state index < -0.39 is 0 Å². The van der Waals surface area contributed by atoms with Crippen molar-refractivity contribution in [2.24, 2.45) is 5.73 Å². The third-order valence-corrected chi connectivity index (χ3v) is 3.69. The van der Waals surface area contributed by atoms with Gasteiger partial charge in [0.1, 0.15) is 0 Å². The normalized spacial score (nSPS) is 10.9. The Labute approximate surface area is 125 Å². The summed E-state index contributed by atoms with van der Waals surface area (Å²) in [5.41, 5.74) is 10.4. The molecule has 0 saturated heterocycles. The summed E-state index contributed by atoms with van der Waals surface area (Å²) in [6, 6.07) is 10.2. The molecule has 0 radical (unpaired) electrons. The Bertz CT molecular complexity index is 672.